The zero-order valence-electron chi connectivity index (χ0n) is 12.8. The Balaban J connectivity index is 1.94. The Kier molecular flexibility index (Phi) is 5.01. The second-order valence-corrected chi connectivity index (χ2v) is 5.78. The van der Waals surface area contributed by atoms with Crippen LogP contribution < -0.4 is 10.2 Å². The molecular weight excluding hydrogens is 250 g/mol. The van der Waals surface area contributed by atoms with Crippen LogP contribution in [-0.4, -0.2) is 51.6 Å². The van der Waals surface area contributed by atoms with Crippen LogP contribution in [0, 0.1) is 0 Å². The number of carbonyl (C=O) groups excluding carboxylic acids is 1. The molecule has 0 bridgehead atoms. The van der Waals surface area contributed by atoms with Crippen LogP contribution in [0.15, 0.2) is 18.2 Å². The number of nitrogens with one attached hydrogen (secondary N) is 1. The molecule has 1 amide bonds. The molecule has 0 aliphatic carbocycles. The largest absolute Gasteiger partial charge is 0.374 e. The van der Waals surface area contributed by atoms with E-state index in [1.54, 1.807) is 0 Å². The number of hydrogen-bond donors (Lipinski definition) is 1. The van der Waals surface area contributed by atoms with E-state index in [4.69, 9.17) is 0 Å². The second kappa shape index (κ2) is 6.75. The number of benzene rings is 1. The topological polar surface area (TPSA) is 35.6 Å². The summed E-state index contributed by atoms with van der Waals surface area (Å²) in [5, 5.41) is 2.99. The molecule has 1 heterocycles. The minimum atomic E-state index is 0.0415. The Labute approximate surface area is 121 Å². The highest BCUT2D eigenvalue weighted by Crippen LogP contribution is 2.26. The lowest BCUT2D eigenvalue weighted by atomic mass is 9.99. The van der Waals surface area contributed by atoms with Gasteiger partial charge >= 0.3 is 0 Å². The van der Waals surface area contributed by atoms with Gasteiger partial charge in [0, 0.05) is 31.4 Å². The number of rotatable bonds is 5. The number of fused-ring (bicyclic) bond motifs is 1. The molecule has 20 heavy (non-hydrogen) atoms. The van der Waals surface area contributed by atoms with Crippen molar-refractivity contribution < 1.29 is 4.79 Å². The third-order valence-electron chi connectivity index (χ3n) is 3.76. The first-order valence-electron chi connectivity index (χ1n) is 7.35. The molecule has 0 aromatic heterocycles. The van der Waals surface area contributed by atoms with E-state index in [0.29, 0.717) is 0 Å². The second-order valence-electron chi connectivity index (χ2n) is 5.78. The first kappa shape index (κ1) is 14.9. The maximum Gasteiger partial charge on any atom is 0.251 e. The van der Waals surface area contributed by atoms with Crippen molar-refractivity contribution in [2.45, 2.75) is 19.3 Å². The molecule has 2 rings (SSSR count). The van der Waals surface area contributed by atoms with E-state index < -0.39 is 0 Å². The van der Waals surface area contributed by atoms with Crippen LogP contribution in [0.3, 0.4) is 0 Å². The minimum absolute atomic E-state index is 0.0415. The van der Waals surface area contributed by atoms with Crippen LogP contribution in [0.1, 0.15) is 28.8 Å². The number of amides is 1. The lowest BCUT2D eigenvalue weighted by Crippen LogP contribution is -2.28. The molecule has 1 aliphatic rings. The van der Waals surface area contributed by atoms with Gasteiger partial charge in [-0.1, -0.05) is 0 Å². The monoisotopic (exact) mass is 275 g/mol. The lowest BCUT2D eigenvalue weighted by Gasteiger charge is -2.27. The van der Waals surface area contributed by atoms with E-state index in [1.807, 2.05) is 26.2 Å². The fourth-order valence-electron chi connectivity index (χ4n) is 2.63. The Bertz CT molecular complexity index is 471. The number of hydrogen-bond acceptors (Lipinski definition) is 3. The molecule has 1 aromatic rings. The molecular formula is C16H25N3O. The lowest BCUT2D eigenvalue weighted by molar-refractivity contribution is 0.0952. The summed E-state index contributed by atoms with van der Waals surface area (Å²) < 4.78 is 0. The predicted molar refractivity (Wildman–Crippen MR) is 83.5 cm³/mol. The summed E-state index contributed by atoms with van der Waals surface area (Å²) in [6, 6.07) is 6.05. The quantitative estimate of drug-likeness (QED) is 0.832. The first-order chi connectivity index (χ1) is 9.58. The van der Waals surface area contributed by atoms with Crippen LogP contribution in [0.25, 0.3) is 0 Å². The van der Waals surface area contributed by atoms with E-state index in [0.717, 1.165) is 44.5 Å². The molecule has 0 unspecified atom stereocenters. The first-order valence-corrected chi connectivity index (χ1v) is 7.35. The maximum atomic E-state index is 12.1. The molecule has 1 aromatic carbocycles. The number of aryl methyl sites for hydroxylation is 1. The molecule has 0 radical (unpaired) electrons. The fourth-order valence-corrected chi connectivity index (χ4v) is 2.63. The maximum absolute atomic E-state index is 12.1. The van der Waals surface area contributed by atoms with Crippen molar-refractivity contribution in [3.05, 3.63) is 29.3 Å². The summed E-state index contributed by atoms with van der Waals surface area (Å²) in [7, 11) is 6.20. The molecule has 0 fully saturated rings. The Hall–Kier alpha value is -1.55. The van der Waals surface area contributed by atoms with Gasteiger partial charge in [-0.2, -0.15) is 0 Å². The molecule has 1 aliphatic heterocycles. The van der Waals surface area contributed by atoms with Crippen molar-refractivity contribution in [3.63, 3.8) is 0 Å². The van der Waals surface area contributed by atoms with Gasteiger partial charge in [-0.3, -0.25) is 4.79 Å². The zero-order chi connectivity index (χ0) is 14.5. The number of nitrogens with zero attached hydrogens (tertiary/aromatic N) is 2. The van der Waals surface area contributed by atoms with E-state index >= 15 is 0 Å². The van der Waals surface area contributed by atoms with Crippen molar-refractivity contribution in [2.24, 2.45) is 0 Å². The molecule has 0 saturated heterocycles. The molecule has 110 valence electrons. The summed E-state index contributed by atoms with van der Waals surface area (Å²) in [4.78, 5) is 16.5. The highest BCUT2D eigenvalue weighted by molar-refractivity contribution is 5.95. The van der Waals surface area contributed by atoms with Crippen molar-refractivity contribution in [1.29, 1.82) is 0 Å². The average molecular weight is 275 g/mol. The fraction of sp³-hybridized carbons (Fsp3) is 0.562. The summed E-state index contributed by atoms with van der Waals surface area (Å²) in [5.74, 6) is 0.0415. The Morgan fingerprint density at radius 2 is 2.20 bits per heavy atom. The Morgan fingerprint density at radius 1 is 1.40 bits per heavy atom. The SMILES string of the molecule is CN(C)CCCNC(=O)c1ccc2c(c1)CCCN2C. The van der Waals surface area contributed by atoms with E-state index in [-0.39, 0.29) is 5.91 Å². The molecule has 1 N–H and O–H groups in total. The van der Waals surface area contributed by atoms with Crippen LogP contribution in [-0.2, 0) is 6.42 Å². The van der Waals surface area contributed by atoms with E-state index in [1.165, 1.54) is 11.3 Å². The van der Waals surface area contributed by atoms with Crippen molar-refractivity contribution in [1.82, 2.24) is 10.2 Å². The third-order valence-corrected chi connectivity index (χ3v) is 3.76. The van der Waals surface area contributed by atoms with Crippen molar-refractivity contribution in [3.8, 4) is 0 Å². The van der Waals surface area contributed by atoms with Gasteiger partial charge in [-0.25, -0.2) is 0 Å². The van der Waals surface area contributed by atoms with Gasteiger partial charge in [-0.15, -0.1) is 0 Å². The van der Waals surface area contributed by atoms with Crippen LogP contribution >= 0.6 is 0 Å². The highest BCUT2D eigenvalue weighted by Gasteiger charge is 2.15. The molecule has 0 atom stereocenters. The number of carbonyl (C=O) groups is 1. The molecule has 0 saturated carbocycles. The van der Waals surface area contributed by atoms with E-state index in [9.17, 15) is 4.79 Å². The van der Waals surface area contributed by atoms with Crippen LogP contribution in [0.2, 0.25) is 0 Å². The summed E-state index contributed by atoms with van der Waals surface area (Å²) >= 11 is 0. The zero-order valence-corrected chi connectivity index (χ0v) is 12.8. The van der Waals surface area contributed by atoms with E-state index in [2.05, 4.69) is 28.2 Å². The summed E-state index contributed by atoms with van der Waals surface area (Å²) in [5.41, 5.74) is 3.34. The van der Waals surface area contributed by atoms with Gasteiger partial charge in [0.05, 0.1) is 0 Å². The van der Waals surface area contributed by atoms with Gasteiger partial charge in [0.15, 0.2) is 0 Å². The Morgan fingerprint density at radius 3 is 2.95 bits per heavy atom. The smallest absolute Gasteiger partial charge is 0.251 e. The van der Waals surface area contributed by atoms with Crippen molar-refractivity contribution >= 4 is 11.6 Å². The predicted octanol–water partition coefficient (Wildman–Crippen LogP) is 1.75. The van der Waals surface area contributed by atoms with Gasteiger partial charge in [-0.05, 0) is 63.7 Å². The molecule has 0 spiro atoms. The number of anilines is 1. The van der Waals surface area contributed by atoms with Gasteiger partial charge in [0.2, 0.25) is 0 Å². The molecule has 4 heteroatoms. The van der Waals surface area contributed by atoms with Crippen molar-refractivity contribution in [2.75, 3.05) is 45.7 Å². The van der Waals surface area contributed by atoms with Gasteiger partial charge in [0.25, 0.3) is 5.91 Å². The normalized spacial score (nSPS) is 14.3. The molecule has 4 nitrogen and oxygen atoms in total. The average Bonchev–Trinajstić information content (AvgIpc) is 2.43. The van der Waals surface area contributed by atoms with Crippen LogP contribution in [0.5, 0.6) is 0 Å². The third kappa shape index (κ3) is 3.73. The summed E-state index contributed by atoms with van der Waals surface area (Å²) in [6.45, 7) is 2.83. The highest BCUT2D eigenvalue weighted by atomic mass is 16.1. The van der Waals surface area contributed by atoms with Gasteiger partial charge in [0.1, 0.15) is 0 Å². The van der Waals surface area contributed by atoms with Crippen LogP contribution in [0.4, 0.5) is 5.69 Å². The summed E-state index contributed by atoms with van der Waals surface area (Å²) in [6.07, 6.45) is 3.21. The standard InChI is InChI=1S/C16H25N3O/c1-18(2)10-5-9-17-16(20)14-7-8-15-13(12-14)6-4-11-19(15)3/h7-8,12H,4-6,9-11H2,1-3H3,(H,17,20). The van der Waals surface area contributed by atoms with Gasteiger partial charge < -0.3 is 15.1 Å². The minimum Gasteiger partial charge on any atom is -0.374 e.